The quantitative estimate of drug-likeness (QED) is 0.867. The lowest BCUT2D eigenvalue weighted by Gasteiger charge is -2.23. The summed E-state index contributed by atoms with van der Waals surface area (Å²) in [5.41, 5.74) is 0.116. The van der Waals surface area contributed by atoms with Crippen LogP contribution in [0.25, 0.3) is 10.1 Å². The molecule has 112 valence electrons. The van der Waals surface area contributed by atoms with Gasteiger partial charge in [0.2, 0.25) is 5.91 Å². The van der Waals surface area contributed by atoms with Gasteiger partial charge in [-0.2, -0.15) is 0 Å². The Morgan fingerprint density at radius 3 is 3.00 bits per heavy atom. The van der Waals surface area contributed by atoms with Crippen LogP contribution in [0.1, 0.15) is 18.2 Å². The maximum atomic E-state index is 12.5. The zero-order valence-electron chi connectivity index (χ0n) is 12.6. The molecule has 0 radical (unpaired) electrons. The standard InChI is InChI=1S/C17H21NO2S/c1-17(12-20-2)7-8-18(11-17)16(19)10-14-9-13-5-3-4-6-15(13)21-14/h3-6,9H,7-8,10-12H2,1-2H3. The number of amides is 1. The van der Waals surface area contributed by atoms with Gasteiger partial charge < -0.3 is 9.64 Å². The number of hydrogen-bond acceptors (Lipinski definition) is 3. The monoisotopic (exact) mass is 303 g/mol. The molecule has 3 nitrogen and oxygen atoms in total. The van der Waals surface area contributed by atoms with Crippen LogP contribution in [0.15, 0.2) is 30.3 Å². The number of ether oxygens (including phenoxy) is 1. The minimum Gasteiger partial charge on any atom is -0.384 e. The maximum absolute atomic E-state index is 12.5. The fourth-order valence-corrected chi connectivity index (χ4v) is 4.14. The molecular weight excluding hydrogens is 282 g/mol. The summed E-state index contributed by atoms with van der Waals surface area (Å²) in [7, 11) is 1.73. The van der Waals surface area contributed by atoms with Crippen LogP contribution >= 0.6 is 11.3 Å². The fraction of sp³-hybridized carbons (Fsp3) is 0.471. The topological polar surface area (TPSA) is 29.5 Å². The van der Waals surface area contributed by atoms with E-state index in [1.807, 2.05) is 17.0 Å². The van der Waals surface area contributed by atoms with Crippen LogP contribution in [0.5, 0.6) is 0 Å². The van der Waals surface area contributed by atoms with Crippen LogP contribution in [0, 0.1) is 5.41 Å². The molecule has 3 rings (SSSR count). The lowest BCUT2D eigenvalue weighted by Crippen LogP contribution is -2.33. The average molecular weight is 303 g/mol. The number of carbonyl (C=O) groups excluding carboxylic acids is 1. The summed E-state index contributed by atoms with van der Waals surface area (Å²) < 4.78 is 6.53. The Morgan fingerprint density at radius 1 is 1.43 bits per heavy atom. The molecule has 21 heavy (non-hydrogen) atoms. The fourth-order valence-electron chi connectivity index (χ4n) is 3.09. The summed E-state index contributed by atoms with van der Waals surface area (Å²) in [6.07, 6.45) is 1.54. The highest BCUT2D eigenvalue weighted by Gasteiger charge is 2.35. The third-order valence-corrected chi connectivity index (χ3v) is 5.32. The van der Waals surface area contributed by atoms with Crippen molar-refractivity contribution in [3.8, 4) is 0 Å². The number of fused-ring (bicyclic) bond motifs is 1. The van der Waals surface area contributed by atoms with Gasteiger partial charge in [0, 0.05) is 35.2 Å². The normalized spacial score (nSPS) is 22.1. The third-order valence-electron chi connectivity index (χ3n) is 4.21. The minimum absolute atomic E-state index is 0.116. The summed E-state index contributed by atoms with van der Waals surface area (Å²) in [5.74, 6) is 0.237. The SMILES string of the molecule is COCC1(C)CCN(C(=O)Cc2cc3ccccc3s2)C1. The molecule has 0 saturated carbocycles. The number of hydrogen-bond donors (Lipinski definition) is 0. The summed E-state index contributed by atoms with van der Waals surface area (Å²) in [6.45, 7) is 4.58. The Bertz CT molecular complexity index is 618. The molecule has 1 fully saturated rings. The van der Waals surface area contributed by atoms with Gasteiger partial charge in [-0.1, -0.05) is 25.1 Å². The molecule has 1 aromatic heterocycles. The van der Waals surface area contributed by atoms with Gasteiger partial charge in [-0.15, -0.1) is 11.3 Å². The van der Waals surface area contributed by atoms with E-state index >= 15 is 0 Å². The molecule has 0 spiro atoms. The minimum atomic E-state index is 0.116. The van der Waals surface area contributed by atoms with Gasteiger partial charge in [0.05, 0.1) is 13.0 Å². The molecule has 1 atom stereocenters. The van der Waals surface area contributed by atoms with Crippen molar-refractivity contribution < 1.29 is 9.53 Å². The van der Waals surface area contributed by atoms with Crippen LogP contribution < -0.4 is 0 Å². The summed E-state index contributed by atoms with van der Waals surface area (Å²) >= 11 is 1.72. The van der Waals surface area contributed by atoms with E-state index < -0.39 is 0 Å². The van der Waals surface area contributed by atoms with Crippen LogP contribution in [-0.2, 0) is 16.0 Å². The van der Waals surface area contributed by atoms with E-state index in [2.05, 4.69) is 25.1 Å². The van der Waals surface area contributed by atoms with Crippen molar-refractivity contribution in [2.45, 2.75) is 19.8 Å². The number of nitrogens with zero attached hydrogens (tertiary/aromatic N) is 1. The number of likely N-dealkylation sites (tertiary alicyclic amines) is 1. The van der Waals surface area contributed by atoms with Crippen molar-refractivity contribution in [1.82, 2.24) is 4.90 Å². The van der Waals surface area contributed by atoms with E-state index in [0.29, 0.717) is 6.42 Å². The Morgan fingerprint density at radius 2 is 2.24 bits per heavy atom. The van der Waals surface area contributed by atoms with E-state index in [9.17, 15) is 4.79 Å². The molecule has 4 heteroatoms. The van der Waals surface area contributed by atoms with E-state index in [0.717, 1.165) is 31.0 Å². The Hall–Kier alpha value is -1.39. The molecular formula is C17H21NO2S. The zero-order valence-corrected chi connectivity index (χ0v) is 13.4. The van der Waals surface area contributed by atoms with Gasteiger partial charge in [-0.25, -0.2) is 0 Å². The molecule has 0 bridgehead atoms. The number of carbonyl (C=O) groups is 1. The Kier molecular flexibility index (Phi) is 4.00. The highest BCUT2D eigenvalue weighted by atomic mass is 32.1. The van der Waals surface area contributed by atoms with E-state index in [1.54, 1.807) is 18.4 Å². The van der Waals surface area contributed by atoms with Gasteiger partial charge >= 0.3 is 0 Å². The van der Waals surface area contributed by atoms with E-state index in [4.69, 9.17) is 4.74 Å². The molecule has 1 unspecified atom stereocenters. The van der Waals surface area contributed by atoms with Gasteiger partial charge in [-0.05, 0) is 23.9 Å². The lowest BCUT2D eigenvalue weighted by molar-refractivity contribution is -0.129. The number of benzene rings is 1. The molecule has 2 heterocycles. The summed E-state index contributed by atoms with van der Waals surface area (Å²) in [4.78, 5) is 15.6. The van der Waals surface area contributed by atoms with Crippen LogP contribution in [0.2, 0.25) is 0 Å². The van der Waals surface area contributed by atoms with Crippen molar-refractivity contribution >= 4 is 27.3 Å². The predicted octanol–water partition coefficient (Wildman–Crippen LogP) is 3.33. The van der Waals surface area contributed by atoms with E-state index in [1.165, 1.54) is 10.1 Å². The molecule has 1 aliphatic heterocycles. The molecule has 1 saturated heterocycles. The molecule has 1 aliphatic rings. The second kappa shape index (κ2) is 5.78. The van der Waals surface area contributed by atoms with Crippen molar-refractivity contribution in [3.63, 3.8) is 0 Å². The van der Waals surface area contributed by atoms with Gasteiger partial charge in [-0.3, -0.25) is 4.79 Å². The predicted molar refractivity (Wildman–Crippen MR) is 86.7 cm³/mol. The average Bonchev–Trinajstić information content (AvgIpc) is 3.02. The van der Waals surface area contributed by atoms with Crippen molar-refractivity contribution in [1.29, 1.82) is 0 Å². The first-order chi connectivity index (χ1) is 10.1. The Labute approximate surface area is 129 Å². The molecule has 1 aromatic carbocycles. The Balaban J connectivity index is 1.67. The van der Waals surface area contributed by atoms with Gasteiger partial charge in [0.15, 0.2) is 0 Å². The van der Waals surface area contributed by atoms with Gasteiger partial charge in [0.25, 0.3) is 0 Å². The van der Waals surface area contributed by atoms with Crippen LogP contribution in [-0.4, -0.2) is 37.6 Å². The number of thiophene rings is 1. The second-order valence-electron chi connectivity index (χ2n) is 6.24. The van der Waals surface area contributed by atoms with Crippen LogP contribution in [0.4, 0.5) is 0 Å². The molecule has 2 aromatic rings. The van der Waals surface area contributed by atoms with Crippen molar-refractivity contribution in [2.75, 3.05) is 26.8 Å². The second-order valence-corrected chi connectivity index (χ2v) is 7.40. The highest BCUT2D eigenvalue weighted by molar-refractivity contribution is 7.19. The van der Waals surface area contributed by atoms with E-state index in [-0.39, 0.29) is 11.3 Å². The molecule has 1 amide bonds. The largest absolute Gasteiger partial charge is 0.384 e. The smallest absolute Gasteiger partial charge is 0.227 e. The van der Waals surface area contributed by atoms with Crippen LogP contribution in [0.3, 0.4) is 0 Å². The lowest BCUT2D eigenvalue weighted by atomic mass is 9.91. The van der Waals surface area contributed by atoms with Crippen molar-refractivity contribution in [2.24, 2.45) is 5.41 Å². The van der Waals surface area contributed by atoms with Gasteiger partial charge in [0.1, 0.15) is 0 Å². The first-order valence-corrected chi connectivity index (χ1v) is 8.15. The first-order valence-electron chi connectivity index (χ1n) is 7.34. The molecule has 0 aliphatic carbocycles. The first kappa shape index (κ1) is 14.5. The third kappa shape index (κ3) is 3.11. The number of rotatable bonds is 4. The zero-order chi connectivity index (χ0) is 14.9. The summed E-state index contributed by atoms with van der Waals surface area (Å²) in [5, 5.41) is 1.23. The molecule has 0 N–H and O–H groups in total. The van der Waals surface area contributed by atoms with Crippen molar-refractivity contribution in [3.05, 3.63) is 35.2 Å². The summed E-state index contributed by atoms with van der Waals surface area (Å²) in [6, 6.07) is 10.4. The maximum Gasteiger partial charge on any atom is 0.227 e. The highest BCUT2D eigenvalue weighted by Crippen LogP contribution is 2.31. The number of methoxy groups -OCH3 is 1.